The van der Waals surface area contributed by atoms with E-state index in [4.69, 9.17) is 10.5 Å². The molecule has 0 aliphatic rings. The molecule has 0 amide bonds. The Morgan fingerprint density at radius 2 is 1.95 bits per heavy atom. The van der Waals surface area contributed by atoms with E-state index in [0.29, 0.717) is 5.75 Å². The Labute approximate surface area is 120 Å². The maximum Gasteiger partial charge on any atom is 0.292 e. The highest BCUT2D eigenvalue weighted by molar-refractivity contribution is 7.98. The monoisotopic (exact) mass is 290 g/mol. The van der Waals surface area contributed by atoms with Gasteiger partial charge in [-0.15, -0.1) is 11.8 Å². The molecule has 0 aliphatic carbocycles. The molecule has 2 aromatic carbocycles. The summed E-state index contributed by atoms with van der Waals surface area (Å²) in [6.07, 6.45) is 0. The van der Waals surface area contributed by atoms with Gasteiger partial charge in [0.1, 0.15) is 11.4 Å². The van der Waals surface area contributed by atoms with Gasteiger partial charge in [-0.2, -0.15) is 0 Å². The maximum absolute atomic E-state index is 10.8. The number of nitrogens with two attached hydrogens (primary N) is 1. The lowest BCUT2D eigenvalue weighted by Crippen LogP contribution is -1.99. The Hall–Kier alpha value is -2.21. The van der Waals surface area contributed by atoms with Crippen LogP contribution in [0, 0.1) is 10.1 Å². The molecule has 0 heterocycles. The molecule has 0 unspecified atom stereocenters. The van der Waals surface area contributed by atoms with Crippen LogP contribution in [0.2, 0.25) is 0 Å². The molecule has 0 bridgehead atoms. The molecule has 0 saturated heterocycles. The van der Waals surface area contributed by atoms with Gasteiger partial charge < -0.3 is 10.5 Å². The van der Waals surface area contributed by atoms with Gasteiger partial charge in [0.2, 0.25) is 0 Å². The Balaban J connectivity index is 2.10. The molecule has 0 spiro atoms. The molecule has 0 aromatic heterocycles. The number of benzene rings is 2. The molecule has 20 heavy (non-hydrogen) atoms. The van der Waals surface area contributed by atoms with Gasteiger partial charge in [-0.3, -0.25) is 10.1 Å². The summed E-state index contributed by atoms with van der Waals surface area (Å²) in [5, 5.41) is 10.8. The fourth-order valence-corrected chi connectivity index (χ4v) is 2.62. The highest BCUT2D eigenvalue weighted by Crippen LogP contribution is 2.31. The average molecular weight is 290 g/mol. The maximum atomic E-state index is 10.8. The predicted octanol–water partition coefficient (Wildman–Crippen LogP) is 3.48. The van der Waals surface area contributed by atoms with Crippen molar-refractivity contribution in [2.75, 3.05) is 12.8 Å². The molecular formula is C14H14N2O3S. The zero-order chi connectivity index (χ0) is 14.5. The van der Waals surface area contributed by atoms with Crippen LogP contribution in [0.4, 0.5) is 11.4 Å². The van der Waals surface area contributed by atoms with Crippen molar-refractivity contribution in [3.8, 4) is 5.75 Å². The normalized spacial score (nSPS) is 10.2. The van der Waals surface area contributed by atoms with Crippen LogP contribution in [-0.4, -0.2) is 12.0 Å². The van der Waals surface area contributed by atoms with Gasteiger partial charge in [-0.05, 0) is 29.8 Å². The fraction of sp³-hybridized carbons (Fsp3) is 0.143. The molecule has 6 heteroatoms. The minimum atomic E-state index is -0.461. The number of nitro benzene ring substituents is 1. The van der Waals surface area contributed by atoms with E-state index in [1.165, 1.54) is 6.07 Å². The predicted molar refractivity (Wildman–Crippen MR) is 80.1 cm³/mol. The number of rotatable bonds is 5. The highest BCUT2D eigenvalue weighted by atomic mass is 32.2. The van der Waals surface area contributed by atoms with Gasteiger partial charge in [-0.25, -0.2) is 0 Å². The van der Waals surface area contributed by atoms with Crippen LogP contribution in [0.1, 0.15) is 5.56 Å². The molecule has 5 nitrogen and oxygen atoms in total. The number of methoxy groups -OCH3 is 1. The summed E-state index contributed by atoms with van der Waals surface area (Å²) in [5.74, 6) is 1.38. The SMILES string of the molecule is COc1ccc(SCc2cccc([N+](=O)[O-])c2N)cc1. The Bertz CT molecular complexity index is 614. The Morgan fingerprint density at radius 3 is 2.55 bits per heavy atom. The first kappa shape index (κ1) is 14.2. The van der Waals surface area contributed by atoms with Crippen molar-refractivity contribution < 1.29 is 9.66 Å². The number of ether oxygens (including phenoxy) is 1. The van der Waals surface area contributed by atoms with Gasteiger partial charge in [0.05, 0.1) is 12.0 Å². The zero-order valence-electron chi connectivity index (χ0n) is 10.9. The number of hydrogen-bond donors (Lipinski definition) is 1. The number of nitrogens with zero attached hydrogens (tertiary/aromatic N) is 1. The zero-order valence-corrected chi connectivity index (χ0v) is 11.7. The van der Waals surface area contributed by atoms with E-state index in [1.54, 1.807) is 31.0 Å². The summed E-state index contributed by atoms with van der Waals surface area (Å²) < 4.78 is 5.09. The van der Waals surface area contributed by atoms with Gasteiger partial charge in [0, 0.05) is 16.7 Å². The molecule has 2 aromatic rings. The first-order chi connectivity index (χ1) is 9.61. The number of hydrogen-bond acceptors (Lipinski definition) is 5. The van der Waals surface area contributed by atoms with E-state index in [-0.39, 0.29) is 11.4 Å². The van der Waals surface area contributed by atoms with Crippen molar-refractivity contribution in [1.82, 2.24) is 0 Å². The van der Waals surface area contributed by atoms with Crippen LogP contribution < -0.4 is 10.5 Å². The summed E-state index contributed by atoms with van der Waals surface area (Å²) in [5.41, 5.74) is 6.77. The van der Waals surface area contributed by atoms with Crippen LogP contribution >= 0.6 is 11.8 Å². The number of anilines is 1. The molecule has 0 radical (unpaired) electrons. The number of thioether (sulfide) groups is 1. The third-order valence-corrected chi connectivity index (χ3v) is 3.88. The van der Waals surface area contributed by atoms with E-state index in [0.717, 1.165) is 16.2 Å². The molecular weight excluding hydrogens is 276 g/mol. The van der Waals surface area contributed by atoms with E-state index in [9.17, 15) is 10.1 Å². The second-order valence-electron chi connectivity index (χ2n) is 4.07. The van der Waals surface area contributed by atoms with E-state index < -0.39 is 4.92 Å². The first-order valence-electron chi connectivity index (χ1n) is 5.90. The van der Waals surface area contributed by atoms with Crippen molar-refractivity contribution in [2.24, 2.45) is 0 Å². The molecule has 0 saturated carbocycles. The van der Waals surface area contributed by atoms with Gasteiger partial charge in [-0.1, -0.05) is 12.1 Å². The minimum absolute atomic E-state index is 0.0437. The third kappa shape index (κ3) is 3.21. The molecule has 0 atom stereocenters. The smallest absolute Gasteiger partial charge is 0.292 e. The lowest BCUT2D eigenvalue weighted by molar-refractivity contribution is -0.383. The van der Waals surface area contributed by atoms with E-state index in [1.807, 2.05) is 24.3 Å². The number of para-hydroxylation sites is 1. The lowest BCUT2D eigenvalue weighted by Gasteiger charge is -2.06. The van der Waals surface area contributed by atoms with Crippen LogP contribution in [0.5, 0.6) is 5.75 Å². The van der Waals surface area contributed by atoms with Gasteiger partial charge in [0.25, 0.3) is 5.69 Å². The summed E-state index contributed by atoms with van der Waals surface area (Å²) in [6.45, 7) is 0. The molecule has 2 rings (SSSR count). The van der Waals surface area contributed by atoms with E-state index >= 15 is 0 Å². The minimum Gasteiger partial charge on any atom is -0.497 e. The topological polar surface area (TPSA) is 78.4 Å². The Kier molecular flexibility index (Phi) is 4.47. The second-order valence-corrected chi connectivity index (χ2v) is 5.12. The second kappa shape index (κ2) is 6.29. The van der Waals surface area contributed by atoms with Crippen molar-refractivity contribution in [2.45, 2.75) is 10.6 Å². The van der Waals surface area contributed by atoms with E-state index in [2.05, 4.69) is 0 Å². The third-order valence-electron chi connectivity index (χ3n) is 2.82. The van der Waals surface area contributed by atoms with Crippen molar-refractivity contribution in [3.05, 3.63) is 58.1 Å². The quantitative estimate of drug-likeness (QED) is 0.395. The molecule has 0 fully saturated rings. The number of nitrogen functional groups attached to an aromatic ring is 1. The molecule has 2 N–H and O–H groups in total. The Morgan fingerprint density at radius 1 is 1.25 bits per heavy atom. The largest absolute Gasteiger partial charge is 0.497 e. The van der Waals surface area contributed by atoms with Crippen molar-refractivity contribution in [1.29, 1.82) is 0 Å². The first-order valence-corrected chi connectivity index (χ1v) is 6.89. The van der Waals surface area contributed by atoms with Gasteiger partial charge >= 0.3 is 0 Å². The summed E-state index contributed by atoms with van der Waals surface area (Å²) in [4.78, 5) is 11.4. The van der Waals surface area contributed by atoms with Crippen LogP contribution in [0.3, 0.4) is 0 Å². The standard InChI is InChI=1S/C14H14N2O3S/c1-19-11-5-7-12(8-6-11)20-9-10-3-2-4-13(14(10)15)16(17)18/h2-8H,9,15H2,1H3. The summed E-state index contributed by atoms with van der Waals surface area (Å²) in [7, 11) is 1.62. The van der Waals surface area contributed by atoms with Crippen LogP contribution in [-0.2, 0) is 5.75 Å². The van der Waals surface area contributed by atoms with Gasteiger partial charge in [0.15, 0.2) is 0 Å². The summed E-state index contributed by atoms with van der Waals surface area (Å²) >= 11 is 1.57. The lowest BCUT2D eigenvalue weighted by atomic mass is 10.2. The van der Waals surface area contributed by atoms with Crippen LogP contribution in [0.15, 0.2) is 47.4 Å². The number of nitro groups is 1. The van der Waals surface area contributed by atoms with Crippen molar-refractivity contribution in [3.63, 3.8) is 0 Å². The van der Waals surface area contributed by atoms with Crippen LogP contribution in [0.25, 0.3) is 0 Å². The highest BCUT2D eigenvalue weighted by Gasteiger charge is 2.14. The average Bonchev–Trinajstić information content (AvgIpc) is 2.46. The summed E-state index contributed by atoms with van der Waals surface area (Å²) in [6, 6.07) is 12.5. The molecule has 104 valence electrons. The fourth-order valence-electron chi connectivity index (χ4n) is 1.72. The molecule has 0 aliphatic heterocycles. The van der Waals surface area contributed by atoms with Crippen molar-refractivity contribution >= 4 is 23.1 Å².